The summed E-state index contributed by atoms with van der Waals surface area (Å²) in [5, 5.41) is 4.33. The maximum absolute atomic E-state index is 6.20. The maximum Gasteiger partial charge on any atom is 0.164 e. The normalized spacial score (nSPS) is 11.4. The highest BCUT2D eigenvalue weighted by Gasteiger charge is 2.22. The molecule has 9 aromatic carbocycles. The topological polar surface area (TPSA) is 51.8 Å². The Labute approximate surface area is 341 Å². The van der Waals surface area contributed by atoms with Crippen molar-refractivity contribution in [3.05, 3.63) is 212 Å². The van der Waals surface area contributed by atoms with Crippen LogP contribution in [0.15, 0.2) is 217 Å². The number of nitrogens with zero attached hydrogens (tertiary/aromatic N) is 3. The fourth-order valence-corrected chi connectivity index (χ4v) is 8.37. The molecule has 0 saturated heterocycles. The zero-order valence-electron chi connectivity index (χ0n) is 32.0. The lowest BCUT2D eigenvalue weighted by Gasteiger charge is -2.21. The van der Waals surface area contributed by atoms with Crippen LogP contribution in [0.3, 0.4) is 0 Å². The fraction of sp³-hybridized carbons (Fsp3) is 0. The third-order valence-electron chi connectivity index (χ3n) is 11.1. The highest BCUT2D eigenvalue weighted by atomic mass is 16.3. The number of rotatable bonds is 7. The van der Waals surface area contributed by atoms with Gasteiger partial charge < -0.3 is 4.42 Å². The molecule has 276 valence electrons. The fourth-order valence-electron chi connectivity index (χ4n) is 8.37. The van der Waals surface area contributed by atoms with E-state index in [-0.39, 0.29) is 0 Å². The van der Waals surface area contributed by atoms with Crippen molar-refractivity contribution in [1.82, 2.24) is 15.0 Å². The van der Waals surface area contributed by atoms with E-state index in [2.05, 4.69) is 164 Å². The van der Waals surface area contributed by atoms with Crippen LogP contribution in [0.2, 0.25) is 0 Å². The molecule has 11 aromatic rings. The Morgan fingerprint density at radius 2 is 0.780 bits per heavy atom. The first-order valence-electron chi connectivity index (χ1n) is 19.9. The number of hydrogen-bond donors (Lipinski definition) is 0. The standard InChI is InChI=1S/C55H35N3O/c1-5-17-36(18-6-1)46-34-42(35-47(37-19-7-2-8-20-37)51(46)39-22-9-3-10-23-39)52-43-26-14-13-21-38(43)29-31-45(52)55-57-53(40-24-11-4-12-25-40)56-54(58-55)41-30-32-50-48(33-41)44-27-15-16-28-49(44)59-50/h1-35H. The van der Waals surface area contributed by atoms with Crippen LogP contribution in [-0.2, 0) is 0 Å². The molecule has 0 fully saturated rings. The van der Waals surface area contributed by atoms with E-state index in [9.17, 15) is 0 Å². The predicted octanol–water partition coefficient (Wildman–Crippen LogP) is 14.6. The molecule has 0 atom stereocenters. The molecule has 0 aliphatic heterocycles. The van der Waals surface area contributed by atoms with Gasteiger partial charge in [0, 0.05) is 33.0 Å². The highest BCUT2D eigenvalue weighted by molar-refractivity contribution is 6.08. The molecule has 0 aliphatic rings. The summed E-state index contributed by atoms with van der Waals surface area (Å²) in [4.78, 5) is 15.8. The summed E-state index contributed by atoms with van der Waals surface area (Å²) < 4.78 is 6.20. The van der Waals surface area contributed by atoms with Crippen LogP contribution in [0.1, 0.15) is 0 Å². The predicted molar refractivity (Wildman–Crippen MR) is 243 cm³/mol. The van der Waals surface area contributed by atoms with Gasteiger partial charge >= 0.3 is 0 Å². The van der Waals surface area contributed by atoms with Crippen LogP contribution >= 0.6 is 0 Å². The van der Waals surface area contributed by atoms with Crippen LogP contribution in [-0.4, -0.2) is 15.0 Å². The van der Waals surface area contributed by atoms with E-state index in [1.807, 2.05) is 48.5 Å². The molecular weight excluding hydrogens is 719 g/mol. The third kappa shape index (κ3) is 6.24. The van der Waals surface area contributed by atoms with Gasteiger partial charge in [-0.1, -0.05) is 170 Å². The number of benzene rings is 9. The second kappa shape index (κ2) is 14.5. The van der Waals surface area contributed by atoms with E-state index in [4.69, 9.17) is 19.4 Å². The van der Waals surface area contributed by atoms with Crippen LogP contribution in [0.4, 0.5) is 0 Å². The number of furan rings is 1. The molecule has 2 aromatic heterocycles. The van der Waals surface area contributed by atoms with Gasteiger partial charge in [-0.05, 0) is 92.2 Å². The second-order valence-corrected chi connectivity index (χ2v) is 14.7. The molecule has 4 heteroatoms. The van der Waals surface area contributed by atoms with Gasteiger partial charge in [-0.15, -0.1) is 0 Å². The minimum Gasteiger partial charge on any atom is -0.456 e. The zero-order chi connectivity index (χ0) is 39.1. The van der Waals surface area contributed by atoms with Crippen LogP contribution < -0.4 is 0 Å². The van der Waals surface area contributed by atoms with Crippen molar-refractivity contribution in [2.75, 3.05) is 0 Å². The summed E-state index contributed by atoms with van der Waals surface area (Å²) in [6.45, 7) is 0. The molecule has 4 nitrogen and oxygen atoms in total. The van der Waals surface area contributed by atoms with Gasteiger partial charge in [0.1, 0.15) is 11.2 Å². The van der Waals surface area contributed by atoms with E-state index in [1.165, 1.54) is 5.56 Å². The van der Waals surface area contributed by atoms with Gasteiger partial charge in [0.05, 0.1) is 0 Å². The summed E-state index contributed by atoms with van der Waals surface area (Å²) in [5.74, 6) is 1.80. The molecule has 2 heterocycles. The summed E-state index contributed by atoms with van der Waals surface area (Å²) >= 11 is 0. The lowest BCUT2D eigenvalue weighted by atomic mass is 9.83. The Hall–Kier alpha value is -7.95. The average Bonchev–Trinajstić information content (AvgIpc) is 3.70. The van der Waals surface area contributed by atoms with Crippen molar-refractivity contribution < 1.29 is 4.42 Å². The summed E-state index contributed by atoms with van der Waals surface area (Å²) in [6, 6.07) is 74.3. The van der Waals surface area contributed by atoms with Crippen molar-refractivity contribution in [3.8, 4) is 78.7 Å². The Morgan fingerprint density at radius 1 is 0.271 bits per heavy atom. The Balaban J connectivity index is 1.21. The van der Waals surface area contributed by atoms with E-state index in [1.54, 1.807) is 0 Å². The largest absolute Gasteiger partial charge is 0.456 e. The summed E-state index contributed by atoms with van der Waals surface area (Å²) in [7, 11) is 0. The van der Waals surface area contributed by atoms with Crippen molar-refractivity contribution in [2.24, 2.45) is 0 Å². The Kier molecular flexibility index (Phi) is 8.45. The first kappa shape index (κ1) is 34.3. The first-order chi connectivity index (χ1) is 29.2. The van der Waals surface area contributed by atoms with Gasteiger partial charge in [-0.25, -0.2) is 15.0 Å². The second-order valence-electron chi connectivity index (χ2n) is 14.7. The molecule has 0 spiro atoms. The molecule has 59 heavy (non-hydrogen) atoms. The van der Waals surface area contributed by atoms with E-state index in [0.29, 0.717) is 17.5 Å². The average molecular weight is 754 g/mol. The molecule has 0 N–H and O–H groups in total. The van der Waals surface area contributed by atoms with Gasteiger partial charge in [-0.3, -0.25) is 0 Å². The van der Waals surface area contributed by atoms with E-state index < -0.39 is 0 Å². The minimum atomic E-state index is 0.592. The first-order valence-corrected chi connectivity index (χ1v) is 19.9. The molecule has 0 amide bonds. The van der Waals surface area contributed by atoms with Crippen LogP contribution in [0.25, 0.3) is 111 Å². The number of fused-ring (bicyclic) bond motifs is 4. The highest BCUT2D eigenvalue weighted by Crippen LogP contribution is 2.46. The number of aromatic nitrogens is 3. The molecule has 0 bridgehead atoms. The Bertz CT molecular complexity index is 3240. The molecule has 0 unspecified atom stereocenters. The third-order valence-corrected chi connectivity index (χ3v) is 11.1. The number of para-hydroxylation sites is 1. The van der Waals surface area contributed by atoms with E-state index >= 15 is 0 Å². The molecular formula is C55H35N3O. The Morgan fingerprint density at radius 3 is 1.44 bits per heavy atom. The van der Waals surface area contributed by atoms with Gasteiger partial charge in [0.2, 0.25) is 0 Å². The molecule has 11 rings (SSSR count). The quantitative estimate of drug-likeness (QED) is 0.163. The molecule has 0 saturated carbocycles. The minimum absolute atomic E-state index is 0.592. The van der Waals surface area contributed by atoms with Crippen molar-refractivity contribution >= 4 is 32.7 Å². The van der Waals surface area contributed by atoms with Gasteiger partial charge in [-0.2, -0.15) is 0 Å². The van der Waals surface area contributed by atoms with Crippen LogP contribution in [0.5, 0.6) is 0 Å². The lowest BCUT2D eigenvalue weighted by molar-refractivity contribution is 0.669. The molecule has 0 aliphatic carbocycles. The SMILES string of the molecule is c1ccc(-c2nc(-c3ccc4oc5ccccc5c4c3)nc(-c3ccc4ccccc4c3-c3cc(-c4ccccc4)c(-c4ccccc4)c(-c4ccccc4)c3)n2)cc1. The van der Waals surface area contributed by atoms with E-state index in [0.717, 1.165) is 88.3 Å². The van der Waals surface area contributed by atoms with Crippen molar-refractivity contribution in [3.63, 3.8) is 0 Å². The summed E-state index contributed by atoms with van der Waals surface area (Å²) in [6.07, 6.45) is 0. The number of hydrogen-bond acceptors (Lipinski definition) is 4. The van der Waals surface area contributed by atoms with Crippen LogP contribution in [0, 0.1) is 0 Å². The van der Waals surface area contributed by atoms with Gasteiger partial charge in [0.25, 0.3) is 0 Å². The van der Waals surface area contributed by atoms with Crippen molar-refractivity contribution in [1.29, 1.82) is 0 Å². The maximum atomic E-state index is 6.20. The zero-order valence-corrected chi connectivity index (χ0v) is 32.0. The van der Waals surface area contributed by atoms with Gasteiger partial charge in [0.15, 0.2) is 17.5 Å². The smallest absolute Gasteiger partial charge is 0.164 e. The van der Waals surface area contributed by atoms with Crippen molar-refractivity contribution in [2.45, 2.75) is 0 Å². The summed E-state index contributed by atoms with van der Waals surface area (Å²) in [5.41, 5.74) is 13.5. The lowest BCUT2D eigenvalue weighted by Crippen LogP contribution is -2.02. The molecule has 0 radical (unpaired) electrons. The monoisotopic (exact) mass is 753 g/mol.